The van der Waals surface area contributed by atoms with Crippen LogP contribution in [0.3, 0.4) is 0 Å². The maximum Gasteiger partial charge on any atom is 0.248 e. The minimum atomic E-state index is -0.489. The Kier molecular flexibility index (Phi) is 6.95. The van der Waals surface area contributed by atoms with E-state index in [-0.39, 0.29) is 12.3 Å². The number of carbonyl (C=O) groups is 2. The van der Waals surface area contributed by atoms with Crippen LogP contribution >= 0.6 is 0 Å². The molecule has 8 nitrogen and oxygen atoms in total. The quantitative estimate of drug-likeness (QED) is 0.598. The third-order valence-electron chi connectivity index (χ3n) is 5.56. The zero-order chi connectivity index (χ0) is 23.2. The number of hydrogen-bond acceptors (Lipinski definition) is 6. The lowest BCUT2D eigenvalue weighted by Crippen LogP contribution is -2.43. The van der Waals surface area contributed by atoms with E-state index < -0.39 is 12.0 Å². The molecule has 2 N–H and O–H groups in total. The van der Waals surface area contributed by atoms with Crippen molar-refractivity contribution in [3.63, 3.8) is 0 Å². The van der Waals surface area contributed by atoms with Crippen LogP contribution in [0.2, 0.25) is 0 Å². The molecular formula is C25H26N4O4. The standard InChI is InChI=1S/C25H26N4O4/c1-17-4-2-3-5-20(17)32-14-10-22(30)29-13-15-33-21(16-29)24-23(27-11-12-28-24)18-6-8-19(9-7-18)25(26)31/h2-9,11-12,21H,10,13-16H2,1H3,(H2,26,31). The van der Waals surface area contributed by atoms with Gasteiger partial charge in [-0.2, -0.15) is 0 Å². The van der Waals surface area contributed by atoms with Gasteiger partial charge in [0.1, 0.15) is 11.9 Å². The number of primary amides is 1. The van der Waals surface area contributed by atoms with Crippen LogP contribution in [-0.4, -0.2) is 53.0 Å². The van der Waals surface area contributed by atoms with Gasteiger partial charge in [-0.15, -0.1) is 0 Å². The number of rotatable bonds is 7. The Morgan fingerprint density at radius 3 is 2.64 bits per heavy atom. The van der Waals surface area contributed by atoms with Crippen LogP contribution in [0.5, 0.6) is 5.75 Å². The lowest BCUT2D eigenvalue weighted by molar-refractivity contribution is -0.139. The van der Waals surface area contributed by atoms with Gasteiger partial charge in [0.15, 0.2) is 0 Å². The summed E-state index contributed by atoms with van der Waals surface area (Å²) < 4.78 is 11.7. The van der Waals surface area contributed by atoms with Crippen LogP contribution in [0, 0.1) is 6.92 Å². The molecule has 2 aromatic carbocycles. The van der Waals surface area contributed by atoms with Gasteiger partial charge in [0.25, 0.3) is 0 Å². The van der Waals surface area contributed by atoms with Crippen molar-refractivity contribution in [3.05, 3.63) is 77.7 Å². The van der Waals surface area contributed by atoms with Gasteiger partial charge in [-0.3, -0.25) is 19.6 Å². The molecule has 1 unspecified atom stereocenters. The minimum absolute atomic E-state index is 0.00753. The van der Waals surface area contributed by atoms with Crippen molar-refractivity contribution in [2.75, 3.05) is 26.3 Å². The molecule has 0 spiro atoms. The Balaban J connectivity index is 1.42. The highest BCUT2D eigenvalue weighted by atomic mass is 16.5. The molecule has 1 aliphatic heterocycles. The summed E-state index contributed by atoms with van der Waals surface area (Å²) in [5.41, 5.74) is 8.88. The van der Waals surface area contributed by atoms with E-state index in [4.69, 9.17) is 15.2 Å². The fraction of sp³-hybridized carbons (Fsp3) is 0.280. The molecule has 2 amide bonds. The summed E-state index contributed by atoms with van der Waals surface area (Å²) in [6.45, 7) is 3.60. The van der Waals surface area contributed by atoms with Crippen LogP contribution in [0.25, 0.3) is 11.3 Å². The van der Waals surface area contributed by atoms with E-state index in [2.05, 4.69) is 9.97 Å². The molecule has 0 aliphatic carbocycles. The third kappa shape index (κ3) is 5.35. The second-order valence-corrected chi connectivity index (χ2v) is 7.79. The largest absolute Gasteiger partial charge is 0.493 e. The number of hydrogen-bond donors (Lipinski definition) is 1. The number of para-hydroxylation sites is 1. The second-order valence-electron chi connectivity index (χ2n) is 7.79. The molecule has 4 rings (SSSR count). The molecule has 0 radical (unpaired) electrons. The molecule has 0 saturated carbocycles. The molecule has 1 aromatic heterocycles. The summed E-state index contributed by atoms with van der Waals surface area (Å²) in [4.78, 5) is 34.9. The van der Waals surface area contributed by atoms with Crippen LogP contribution in [0.4, 0.5) is 0 Å². The Hall–Kier alpha value is -3.78. The Labute approximate surface area is 192 Å². The number of nitrogens with two attached hydrogens (primary N) is 1. The first kappa shape index (κ1) is 22.4. The predicted octanol–water partition coefficient (Wildman–Crippen LogP) is 2.92. The summed E-state index contributed by atoms with van der Waals surface area (Å²) in [7, 11) is 0. The number of ether oxygens (including phenoxy) is 2. The first-order chi connectivity index (χ1) is 16.0. The minimum Gasteiger partial charge on any atom is -0.493 e. The van der Waals surface area contributed by atoms with Crippen LogP contribution in [0.1, 0.15) is 34.1 Å². The van der Waals surface area contributed by atoms with Crippen molar-refractivity contribution < 1.29 is 19.1 Å². The first-order valence-electron chi connectivity index (χ1n) is 10.8. The lowest BCUT2D eigenvalue weighted by Gasteiger charge is -2.33. The van der Waals surface area contributed by atoms with E-state index in [1.807, 2.05) is 31.2 Å². The molecule has 0 bridgehead atoms. The molecule has 33 heavy (non-hydrogen) atoms. The van der Waals surface area contributed by atoms with Gasteiger partial charge in [-0.1, -0.05) is 30.3 Å². The van der Waals surface area contributed by atoms with Crippen molar-refractivity contribution in [1.82, 2.24) is 14.9 Å². The van der Waals surface area contributed by atoms with Gasteiger partial charge in [0.2, 0.25) is 11.8 Å². The van der Waals surface area contributed by atoms with Crippen molar-refractivity contribution >= 4 is 11.8 Å². The molecule has 170 valence electrons. The highest BCUT2D eigenvalue weighted by Crippen LogP contribution is 2.29. The number of carbonyl (C=O) groups excluding carboxylic acids is 2. The topological polar surface area (TPSA) is 108 Å². The van der Waals surface area contributed by atoms with Gasteiger partial charge >= 0.3 is 0 Å². The highest BCUT2D eigenvalue weighted by molar-refractivity contribution is 5.93. The van der Waals surface area contributed by atoms with Gasteiger partial charge in [0, 0.05) is 30.1 Å². The molecule has 2 heterocycles. The number of benzene rings is 2. The van der Waals surface area contributed by atoms with E-state index >= 15 is 0 Å². The third-order valence-corrected chi connectivity index (χ3v) is 5.56. The summed E-state index contributed by atoms with van der Waals surface area (Å²) in [5.74, 6) is 0.307. The van der Waals surface area contributed by atoms with Crippen molar-refractivity contribution in [2.24, 2.45) is 5.73 Å². The molecule has 1 atom stereocenters. The van der Waals surface area contributed by atoms with E-state index in [0.29, 0.717) is 43.3 Å². The average molecular weight is 447 g/mol. The number of aromatic nitrogens is 2. The predicted molar refractivity (Wildman–Crippen MR) is 123 cm³/mol. The normalized spacial score (nSPS) is 15.8. The zero-order valence-corrected chi connectivity index (χ0v) is 18.4. The van der Waals surface area contributed by atoms with Crippen LogP contribution in [0.15, 0.2) is 60.9 Å². The average Bonchev–Trinajstić information content (AvgIpc) is 2.85. The molecule has 1 aliphatic rings. The van der Waals surface area contributed by atoms with Crippen molar-refractivity contribution in [3.8, 4) is 17.0 Å². The van der Waals surface area contributed by atoms with E-state index in [9.17, 15) is 9.59 Å². The van der Waals surface area contributed by atoms with E-state index in [1.165, 1.54) is 0 Å². The van der Waals surface area contributed by atoms with Crippen molar-refractivity contribution in [1.29, 1.82) is 0 Å². The molecule has 1 saturated heterocycles. The Bertz CT molecular complexity index is 1130. The fourth-order valence-corrected chi connectivity index (χ4v) is 3.77. The fourth-order valence-electron chi connectivity index (χ4n) is 3.77. The summed E-state index contributed by atoms with van der Waals surface area (Å²) in [5, 5.41) is 0. The van der Waals surface area contributed by atoms with Gasteiger partial charge in [-0.05, 0) is 30.7 Å². The second kappa shape index (κ2) is 10.2. The summed E-state index contributed by atoms with van der Waals surface area (Å²) in [6, 6.07) is 14.6. The van der Waals surface area contributed by atoms with Crippen molar-refractivity contribution in [2.45, 2.75) is 19.4 Å². The van der Waals surface area contributed by atoms with Gasteiger partial charge in [0.05, 0.1) is 37.6 Å². The van der Waals surface area contributed by atoms with E-state index in [1.54, 1.807) is 41.6 Å². The lowest BCUT2D eigenvalue weighted by atomic mass is 10.0. The maximum atomic E-state index is 12.8. The zero-order valence-electron chi connectivity index (χ0n) is 18.4. The SMILES string of the molecule is Cc1ccccc1OCCC(=O)N1CCOC(c2nccnc2-c2ccc(C(N)=O)cc2)C1. The van der Waals surface area contributed by atoms with Crippen LogP contribution < -0.4 is 10.5 Å². The Morgan fingerprint density at radius 2 is 1.88 bits per heavy atom. The monoisotopic (exact) mass is 446 g/mol. The number of aryl methyl sites for hydroxylation is 1. The number of morpholine rings is 1. The molecular weight excluding hydrogens is 420 g/mol. The number of amides is 2. The molecule has 1 fully saturated rings. The van der Waals surface area contributed by atoms with Gasteiger partial charge < -0.3 is 20.1 Å². The van der Waals surface area contributed by atoms with Crippen LogP contribution in [-0.2, 0) is 9.53 Å². The summed E-state index contributed by atoms with van der Waals surface area (Å²) in [6.07, 6.45) is 3.09. The maximum absolute atomic E-state index is 12.8. The molecule has 8 heteroatoms. The molecule has 3 aromatic rings. The number of nitrogens with zero attached hydrogens (tertiary/aromatic N) is 3. The van der Waals surface area contributed by atoms with E-state index in [0.717, 1.165) is 16.9 Å². The highest BCUT2D eigenvalue weighted by Gasteiger charge is 2.28. The van der Waals surface area contributed by atoms with Gasteiger partial charge in [-0.25, -0.2) is 0 Å². The Morgan fingerprint density at radius 1 is 1.12 bits per heavy atom. The summed E-state index contributed by atoms with van der Waals surface area (Å²) >= 11 is 0. The first-order valence-corrected chi connectivity index (χ1v) is 10.8. The smallest absolute Gasteiger partial charge is 0.248 e.